The van der Waals surface area contributed by atoms with Crippen molar-refractivity contribution >= 4 is 5.97 Å². The van der Waals surface area contributed by atoms with Gasteiger partial charge in [0.2, 0.25) is 0 Å². The first-order valence-electron chi connectivity index (χ1n) is 5.07. The monoisotopic (exact) mass is 187 g/mol. The van der Waals surface area contributed by atoms with E-state index >= 15 is 0 Å². The van der Waals surface area contributed by atoms with Gasteiger partial charge in [-0.15, -0.1) is 0 Å². The number of ether oxygens (including phenoxy) is 1. The molecule has 0 heterocycles. The average molecular weight is 187 g/mol. The van der Waals surface area contributed by atoms with E-state index in [0.29, 0.717) is 19.1 Å². The van der Waals surface area contributed by atoms with Crippen LogP contribution < -0.4 is 5.73 Å². The summed E-state index contributed by atoms with van der Waals surface area (Å²) in [6.07, 6.45) is 1.97. The Balaban J connectivity index is 4.20. The summed E-state index contributed by atoms with van der Waals surface area (Å²) in [4.78, 5) is 11.4. The van der Waals surface area contributed by atoms with Crippen LogP contribution in [0.2, 0.25) is 0 Å². The molecule has 0 saturated heterocycles. The lowest BCUT2D eigenvalue weighted by Gasteiger charge is -2.21. The van der Waals surface area contributed by atoms with E-state index in [1.54, 1.807) is 0 Å². The summed E-state index contributed by atoms with van der Waals surface area (Å²) < 4.78 is 4.96. The Hall–Kier alpha value is -0.570. The van der Waals surface area contributed by atoms with E-state index in [-0.39, 0.29) is 11.9 Å². The van der Waals surface area contributed by atoms with Crippen LogP contribution >= 0.6 is 0 Å². The van der Waals surface area contributed by atoms with Crippen LogP contribution in [0, 0.1) is 11.8 Å². The van der Waals surface area contributed by atoms with E-state index in [4.69, 9.17) is 10.5 Å². The lowest BCUT2D eigenvalue weighted by molar-refractivity contribution is -0.149. The standard InChI is InChI=1S/C10H21NO2/c1-4-8(5-2)9(7-11)10(12)13-6-3/h8-9H,4-7,11H2,1-3H3/t9-/m1/s1. The molecule has 0 aliphatic carbocycles. The maximum atomic E-state index is 11.4. The van der Waals surface area contributed by atoms with Crippen LogP contribution in [0.15, 0.2) is 0 Å². The third-order valence-electron chi connectivity index (χ3n) is 2.46. The largest absolute Gasteiger partial charge is 0.466 e. The third-order valence-corrected chi connectivity index (χ3v) is 2.46. The highest BCUT2D eigenvalue weighted by molar-refractivity contribution is 5.73. The zero-order valence-corrected chi connectivity index (χ0v) is 8.88. The molecule has 0 aromatic carbocycles. The van der Waals surface area contributed by atoms with Crippen molar-refractivity contribution in [3.63, 3.8) is 0 Å². The number of carbonyl (C=O) groups is 1. The second-order valence-corrected chi connectivity index (χ2v) is 3.17. The molecule has 3 nitrogen and oxygen atoms in total. The van der Waals surface area contributed by atoms with E-state index in [0.717, 1.165) is 12.8 Å². The second-order valence-electron chi connectivity index (χ2n) is 3.17. The third kappa shape index (κ3) is 3.77. The predicted molar refractivity (Wildman–Crippen MR) is 53.2 cm³/mol. The Morgan fingerprint density at radius 3 is 2.15 bits per heavy atom. The van der Waals surface area contributed by atoms with E-state index in [1.807, 2.05) is 6.92 Å². The van der Waals surface area contributed by atoms with Gasteiger partial charge in [0.15, 0.2) is 0 Å². The molecule has 0 rings (SSSR count). The van der Waals surface area contributed by atoms with Crippen molar-refractivity contribution in [2.75, 3.05) is 13.2 Å². The number of hydrogen-bond acceptors (Lipinski definition) is 3. The molecular weight excluding hydrogens is 166 g/mol. The van der Waals surface area contributed by atoms with Crippen LogP contribution in [-0.4, -0.2) is 19.1 Å². The molecule has 0 fully saturated rings. The first-order valence-corrected chi connectivity index (χ1v) is 5.07. The first kappa shape index (κ1) is 12.4. The van der Waals surface area contributed by atoms with Crippen molar-refractivity contribution in [3.8, 4) is 0 Å². The van der Waals surface area contributed by atoms with E-state index < -0.39 is 0 Å². The molecule has 0 spiro atoms. The molecule has 0 aliphatic heterocycles. The van der Waals surface area contributed by atoms with Crippen LogP contribution in [0.4, 0.5) is 0 Å². The molecule has 0 radical (unpaired) electrons. The molecule has 13 heavy (non-hydrogen) atoms. The summed E-state index contributed by atoms with van der Waals surface area (Å²) in [6.45, 7) is 6.81. The van der Waals surface area contributed by atoms with Gasteiger partial charge in [0, 0.05) is 6.54 Å². The SMILES string of the molecule is CCOC(=O)[C@H](CN)C(CC)CC. The van der Waals surface area contributed by atoms with E-state index in [2.05, 4.69) is 13.8 Å². The van der Waals surface area contributed by atoms with Gasteiger partial charge in [-0.25, -0.2) is 0 Å². The molecule has 0 amide bonds. The van der Waals surface area contributed by atoms with Crippen molar-refractivity contribution in [2.45, 2.75) is 33.6 Å². The summed E-state index contributed by atoms with van der Waals surface area (Å²) >= 11 is 0. The van der Waals surface area contributed by atoms with Crippen molar-refractivity contribution in [1.29, 1.82) is 0 Å². The van der Waals surface area contributed by atoms with Crippen molar-refractivity contribution < 1.29 is 9.53 Å². The topological polar surface area (TPSA) is 52.3 Å². The highest BCUT2D eigenvalue weighted by atomic mass is 16.5. The molecule has 0 aromatic heterocycles. The van der Waals surface area contributed by atoms with Crippen LogP contribution in [0.25, 0.3) is 0 Å². The van der Waals surface area contributed by atoms with Gasteiger partial charge >= 0.3 is 5.97 Å². The zero-order valence-electron chi connectivity index (χ0n) is 8.88. The van der Waals surface area contributed by atoms with Gasteiger partial charge < -0.3 is 10.5 Å². The molecule has 3 heteroatoms. The Morgan fingerprint density at radius 2 is 1.85 bits per heavy atom. The highest BCUT2D eigenvalue weighted by Crippen LogP contribution is 2.19. The lowest BCUT2D eigenvalue weighted by atomic mass is 9.88. The predicted octanol–water partition coefficient (Wildman–Crippen LogP) is 1.56. The Morgan fingerprint density at radius 1 is 1.31 bits per heavy atom. The quantitative estimate of drug-likeness (QED) is 0.642. The molecule has 0 bridgehead atoms. The number of nitrogens with two attached hydrogens (primary N) is 1. The van der Waals surface area contributed by atoms with Crippen molar-refractivity contribution in [1.82, 2.24) is 0 Å². The Labute approximate surface area is 80.6 Å². The second kappa shape index (κ2) is 6.89. The van der Waals surface area contributed by atoms with Gasteiger partial charge in [-0.3, -0.25) is 4.79 Å². The van der Waals surface area contributed by atoms with Gasteiger partial charge in [0.05, 0.1) is 12.5 Å². The molecule has 0 unspecified atom stereocenters. The summed E-state index contributed by atoms with van der Waals surface area (Å²) in [5.74, 6) is 0.109. The van der Waals surface area contributed by atoms with E-state index in [1.165, 1.54) is 0 Å². The molecule has 0 aliphatic rings. The van der Waals surface area contributed by atoms with E-state index in [9.17, 15) is 4.79 Å². The minimum Gasteiger partial charge on any atom is -0.466 e. The Kier molecular flexibility index (Phi) is 6.59. The molecule has 78 valence electrons. The lowest BCUT2D eigenvalue weighted by Crippen LogP contribution is -2.32. The molecule has 0 aromatic rings. The molecular formula is C10H21NO2. The smallest absolute Gasteiger partial charge is 0.310 e. The molecule has 2 N–H and O–H groups in total. The van der Waals surface area contributed by atoms with Gasteiger partial charge in [0.25, 0.3) is 0 Å². The number of rotatable bonds is 6. The van der Waals surface area contributed by atoms with Crippen LogP contribution in [0.1, 0.15) is 33.6 Å². The molecule has 1 atom stereocenters. The van der Waals surface area contributed by atoms with Crippen LogP contribution in [0.3, 0.4) is 0 Å². The first-order chi connectivity index (χ1) is 6.21. The normalized spacial score (nSPS) is 13.0. The summed E-state index contributed by atoms with van der Waals surface area (Å²) in [5.41, 5.74) is 5.56. The summed E-state index contributed by atoms with van der Waals surface area (Å²) in [5, 5.41) is 0. The fraction of sp³-hybridized carbons (Fsp3) is 0.900. The average Bonchev–Trinajstić information content (AvgIpc) is 2.14. The Bertz CT molecular complexity index is 144. The van der Waals surface area contributed by atoms with Crippen molar-refractivity contribution in [3.05, 3.63) is 0 Å². The maximum absolute atomic E-state index is 11.4. The van der Waals surface area contributed by atoms with Gasteiger partial charge in [-0.05, 0) is 12.8 Å². The maximum Gasteiger partial charge on any atom is 0.310 e. The number of esters is 1. The van der Waals surface area contributed by atoms with Gasteiger partial charge in [-0.2, -0.15) is 0 Å². The fourth-order valence-corrected chi connectivity index (χ4v) is 1.59. The minimum absolute atomic E-state index is 0.116. The summed E-state index contributed by atoms with van der Waals surface area (Å²) in [6, 6.07) is 0. The summed E-state index contributed by atoms with van der Waals surface area (Å²) in [7, 11) is 0. The zero-order chi connectivity index (χ0) is 10.3. The van der Waals surface area contributed by atoms with Crippen LogP contribution in [0.5, 0.6) is 0 Å². The minimum atomic E-state index is -0.140. The van der Waals surface area contributed by atoms with Crippen LogP contribution in [-0.2, 0) is 9.53 Å². The van der Waals surface area contributed by atoms with Gasteiger partial charge in [0.1, 0.15) is 0 Å². The number of hydrogen-bond donors (Lipinski definition) is 1. The fourth-order valence-electron chi connectivity index (χ4n) is 1.59. The van der Waals surface area contributed by atoms with Crippen molar-refractivity contribution in [2.24, 2.45) is 17.6 Å². The number of carbonyl (C=O) groups excluding carboxylic acids is 1. The highest BCUT2D eigenvalue weighted by Gasteiger charge is 2.25. The molecule has 0 saturated carbocycles. The van der Waals surface area contributed by atoms with Gasteiger partial charge in [-0.1, -0.05) is 26.7 Å².